The predicted octanol–water partition coefficient (Wildman–Crippen LogP) is 3.06. The molecule has 1 rings (SSSR count). The molecule has 0 bridgehead atoms. The first kappa shape index (κ1) is 12.0. The number of nitrogens with one attached hydrogen (secondary N) is 1. The molecule has 0 aromatic carbocycles. The number of hydrogen-bond donors (Lipinski definition) is 1. The molecule has 3 heteroatoms. The van der Waals surface area contributed by atoms with Crippen molar-refractivity contribution in [2.45, 2.75) is 40.0 Å². The fraction of sp³-hybridized carbons (Fsp3) is 0.667. The minimum Gasteiger partial charge on any atom is -0.370 e. The van der Waals surface area contributed by atoms with Crippen LogP contribution in [0.15, 0.2) is 12.4 Å². The number of rotatable bonds is 5. The van der Waals surface area contributed by atoms with Crippen molar-refractivity contribution in [2.24, 2.45) is 5.92 Å². The molecule has 0 aliphatic rings. The third-order valence-corrected chi connectivity index (χ3v) is 2.31. The van der Waals surface area contributed by atoms with E-state index < -0.39 is 0 Å². The molecule has 1 N–H and O–H groups in total. The minimum absolute atomic E-state index is 0.457. The van der Waals surface area contributed by atoms with Crippen LogP contribution in [0.3, 0.4) is 0 Å². The van der Waals surface area contributed by atoms with E-state index in [1.54, 1.807) is 6.33 Å². The van der Waals surface area contributed by atoms with Crippen molar-refractivity contribution in [1.82, 2.24) is 9.97 Å². The maximum absolute atomic E-state index is 4.23. The number of hydrogen-bond acceptors (Lipinski definition) is 3. The van der Waals surface area contributed by atoms with Gasteiger partial charge in [-0.1, -0.05) is 27.7 Å². The summed E-state index contributed by atoms with van der Waals surface area (Å²) in [7, 11) is 0. The molecule has 1 aromatic rings. The summed E-state index contributed by atoms with van der Waals surface area (Å²) in [6.07, 6.45) is 2.80. The third kappa shape index (κ3) is 4.28. The second-order valence-electron chi connectivity index (χ2n) is 4.59. The maximum atomic E-state index is 4.23. The van der Waals surface area contributed by atoms with Gasteiger partial charge in [0.25, 0.3) is 0 Å². The first-order valence-electron chi connectivity index (χ1n) is 5.65. The van der Waals surface area contributed by atoms with Crippen LogP contribution >= 0.6 is 0 Å². The van der Waals surface area contributed by atoms with E-state index in [-0.39, 0.29) is 0 Å². The Balaban J connectivity index is 2.50. The molecular formula is C12H21N3. The highest BCUT2D eigenvalue weighted by Crippen LogP contribution is 2.13. The molecule has 0 saturated carbocycles. The summed E-state index contributed by atoms with van der Waals surface area (Å²) >= 11 is 0. The second-order valence-corrected chi connectivity index (χ2v) is 4.59. The first-order valence-corrected chi connectivity index (χ1v) is 5.65. The Hall–Kier alpha value is -1.12. The molecule has 0 saturated heterocycles. The Kier molecular flexibility index (Phi) is 4.53. The fourth-order valence-corrected chi connectivity index (χ4v) is 1.27. The lowest BCUT2D eigenvalue weighted by Crippen LogP contribution is -2.07. The van der Waals surface area contributed by atoms with Crippen molar-refractivity contribution < 1.29 is 0 Å². The normalized spacial score (nSPS) is 11.1. The molecule has 0 aliphatic heterocycles. The van der Waals surface area contributed by atoms with Crippen LogP contribution in [0.2, 0.25) is 0 Å². The third-order valence-electron chi connectivity index (χ3n) is 2.31. The summed E-state index contributed by atoms with van der Waals surface area (Å²) in [6, 6.07) is 2.03. The zero-order valence-electron chi connectivity index (χ0n) is 10.1. The van der Waals surface area contributed by atoms with Gasteiger partial charge in [0.2, 0.25) is 0 Å². The van der Waals surface area contributed by atoms with E-state index >= 15 is 0 Å². The Labute approximate surface area is 92.3 Å². The highest BCUT2D eigenvalue weighted by molar-refractivity contribution is 5.35. The molecule has 1 heterocycles. The molecule has 3 nitrogen and oxygen atoms in total. The molecule has 0 aliphatic carbocycles. The zero-order chi connectivity index (χ0) is 11.3. The first-order chi connectivity index (χ1) is 7.09. The van der Waals surface area contributed by atoms with Gasteiger partial charge in [0.1, 0.15) is 12.1 Å². The van der Waals surface area contributed by atoms with E-state index in [1.165, 1.54) is 6.42 Å². The van der Waals surface area contributed by atoms with Crippen LogP contribution < -0.4 is 5.32 Å². The summed E-state index contributed by atoms with van der Waals surface area (Å²) in [4.78, 5) is 8.43. The average molecular weight is 207 g/mol. The van der Waals surface area contributed by atoms with Gasteiger partial charge in [0.05, 0.1) is 0 Å². The van der Waals surface area contributed by atoms with Gasteiger partial charge in [-0.05, 0) is 18.3 Å². The van der Waals surface area contributed by atoms with Gasteiger partial charge in [-0.15, -0.1) is 0 Å². The molecular weight excluding hydrogens is 186 g/mol. The summed E-state index contributed by atoms with van der Waals surface area (Å²) in [6.45, 7) is 9.70. The van der Waals surface area contributed by atoms with Crippen molar-refractivity contribution in [3.63, 3.8) is 0 Å². The number of nitrogens with zero attached hydrogens (tertiary/aromatic N) is 2. The monoisotopic (exact) mass is 207 g/mol. The predicted molar refractivity (Wildman–Crippen MR) is 64.1 cm³/mol. The number of aromatic nitrogens is 2. The van der Waals surface area contributed by atoms with E-state index in [0.717, 1.165) is 24.0 Å². The van der Waals surface area contributed by atoms with Crippen LogP contribution in [0, 0.1) is 5.92 Å². The van der Waals surface area contributed by atoms with Crippen LogP contribution in [0.4, 0.5) is 5.82 Å². The highest BCUT2D eigenvalue weighted by Gasteiger charge is 2.02. The van der Waals surface area contributed by atoms with E-state index in [4.69, 9.17) is 0 Å². The molecule has 15 heavy (non-hydrogen) atoms. The second kappa shape index (κ2) is 5.69. The van der Waals surface area contributed by atoms with Gasteiger partial charge < -0.3 is 5.32 Å². The smallest absolute Gasteiger partial charge is 0.129 e. The van der Waals surface area contributed by atoms with Crippen molar-refractivity contribution in [1.29, 1.82) is 0 Å². The lowest BCUT2D eigenvalue weighted by atomic mass is 10.1. The van der Waals surface area contributed by atoms with Crippen LogP contribution in [0.1, 0.15) is 45.7 Å². The minimum atomic E-state index is 0.457. The molecule has 0 fully saturated rings. The summed E-state index contributed by atoms with van der Waals surface area (Å²) in [5.41, 5.74) is 1.09. The lowest BCUT2D eigenvalue weighted by Gasteiger charge is -2.09. The van der Waals surface area contributed by atoms with Crippen molar-refractivity contribution in [3.8, 4) is 0 Å². The van der Waals surface area contributed by atoms with Crippen molar-refractivity contribution in [3.05, 3.63) is 18.1 Å². The molecule has 84 valence electrons. The van der Waals surface area contributed by atoms with Crippen LogP contribution in [-0.2, 0) is 0 Å². The molecule has 0 radical (unpaired) electrons. The Morgan fingerprint density at radius 3 is 2.53 bits per heavy atom. The van der Waals surface area contributed by atoms with Crippen LogP contribution in [0.25, 0.3) is 0 Å². The SMILES string of the molecule is CC(C)CCNc1cc(C(C)C)ncn1. The van der Waals surface area contributed by atoms with Crippen molar-refractivity contribution >= 4 is 5.82 Å². The Morgan fingerprint density at radius 2 is 1.93 bits per heavy atom. The Morgan fingerprint density at radius 1 is 1.20 bits per heavy atom. The van der Waals surface area contributed by atoms with E-state index in [1.807, 2.05) is 6.07 Å². The standard InChI is InChI=1S/C12H21N3/c1-9(2)5-6-13-12-7-11(10(3)4)14-8-15-12/h7-10H,5-6H2,1-4H3,(H,13,14,15). The van der Waals surface area contributed by atoms with Gasteiger partial charge in [0.15, 0.2) is 0 Å². The molecule has 0 spiro atoms. The van der Waals surface area contributed by atoms with E-state index in [0.29, 0.717) is 5.92 Å². The molecule has 0 atom stereocenters. The number of anilines is 1. The van der Waals surface area contributed by atoms with Gasteiger partial charge in [0, 0.05) is 18.3 Å². The highest BCUT2D eigenvalue weighted by atomic mass is 15.0. The molecule has 1 aromatic heterocycles. The van der Waals surface area contributed by atoms with Crippen LogP contribution in [-0.4, -0.2) is 16.5 Å². The molecule has 0 unspecified atom stereocenters. The van der Waals surface area contributed by atoms with Gasteiger partial charge >= 0.3 is 0 Å². The molecule has 0 amide bonds. The lowest BCUT2D eigenvalue weighted by molar-refractivity contribution is 0.606. The quantitative estimate of drug-likeness (QED) is 0.806. The Bertz CT molecular complexity index is 295. The van der Waals surface area contributed by atoms with E-state index in [2.05, 4.69) is 43.0 Å². The topological polar surface area (TPSA) is 37.8 Å². The van der Waals surface area contributed by atoms with E-state index in [9.17, 15) is 0 Å². The zero-order valence-corrected chi connectivity index (χ0v) is 10.1. The largest absolute Gasteiger partial charge is 0.370 e. The van der Waals surface area contributed by atoms with Crippen LogP contribution in [0.5, 0.6) is 0 Å². The summed E-state index contributed by atoms with van der Waals surface area (Å²) < 4.78 is 0. The van der Waals surface area contributed by atoms with Gasteiger partial charge in [-0.3, -0.25) is 0 Å². The van der Waals surface area contributed by atoms with Crippen molar-refractivity contribution in [2.75, 3.05) is 11.9 Å². The van der Waals surface area contributed by atoms with Gasteiger partial charge in [-0.2, -0.15) is 0 Å². The fourth-order valence-electron chi connectivity index (χ4n) is 1.27. The van der Waals surface area contributed by atoms with Gasteiger partial charge in [-0.25, -0.2) is 9.97 Å². The average Bonchev–Trinajstić information content (AvgIpc) is 2.17. The summed E-state index contributed by atoms with van der Waals surface area (Å²) in [5, 5.41) is 3.32. The maximum Gasteiger partial charge on any atom is 0.129 e. The summed E-state index contributed by atoms with van der Waals surface area (Å²) in [5.74, 6) is 2.12.